The van der Waals surface area contributed by atoms with Gasteiger partial charge < -0.3 is 15.0 Å². The molecular weight excluding hydrogens is 390 g/mol. The van der Waals surface area contributed by atoms with E-state index in [1.165, 1.54) is 16.4 Å². The van der Waals surface area contributed by atoms with Crippen molar-refractivity contribution in [3.8, 4) is 5.75 Å². The number of anilines is 1. The summed E-state index contributed by atoms with van der Waals surface area (Å²) < 4.78 is 33.0. The van der Waals surface area contributed by atoms with Crippen molar-refractivity contribution in [3.05, 3.63) is 54.1 Å². The largest absolute Gasteiger partial charge is 0.491 e. The summed E-state index contributed by atoms with van der Waals surface area (Å²) in [6.45, 7) is 6.12. The molecule has 8 heteroatoms. The van der Waals surface area contributed by atoms with Gasteiger partial charge in [-0.25, -0.2) is 8.42 Å². The number of nitrogens with one attached hydrogen (secondary N) is 1. The maximum Gasteiger partial charge on any atom is 0.255 e. The van der Waals surface area contributed by atoms with Crippen LogP contribution in [0.4, 0.5) is 5.69 Å². The van der Waals surface area contributed by atoms with Gasteiger partial charge in [0.15, 0.2) is 0 Å². The first-order valence-corrected chi connectivity index (χ1v) is 11.1. The minimum atomic E-state index is -3.63. The Labute approximate surface area is 172 Å². The van der Waals surface area contributed by atoms with Crippen molar-refractivity contribution >= 4 is 21.6 Å². The number of piperazine rings is 1. The zero-order chi connectivity index (χ0) is 21.0. The summed E-state index contributed by atoms with van der Waals surface area (Å²) in [4.78, 5) is 14.9. The van der Waals surface area contributed by atoms with Crippen LogP contribution in [0.5, 0.6) is 5.75 Å². The molecule has 1 aliphatic rings. The fourth-order valence-electron chi connectivity index (χ4n) is 3.10. The molecule has 0 aliphatic carbocycles. The van der Waals surface area contributed by atoms with Crippen LogP contribution in [0.1, 0.15) is 24.2 Å². The predicted octanol–water partition coefficient (Wildman–Crippen LogP) is 2.66. The van der Waals surface area contributed by atoms with Crippen LogP contribution in [-0.4, -0.2) is 62.9 Å². The Morgan fingerprint density at radius 1 is 1.03 bits per heavy atom. The van der Waals surface area contributed by atoms with Gasteiger partial charge in [0, 0.05) is 43.5 Å². The van der Waals surface area contributed by atoms with Crippen LogP contribution in [0, 0.1) is 0 Å². The molecule has 2 aromatic carbocycles. The Morgan fingerprint density at radius 2 is 1.72 bits per heavy atom. The lowest BCUT2D eigenvalue weighted by molar-refractivity contribution is 0.102. The molecule has 1 saturated heterocycles. The Bertz CT molecular complexity index is 967. The molecule has 0 radical (unpaired) electrons. The van der Waals surface area contributed by atoms with E-state index in [0.29, 0.717) is 37.6 Å². The van der Waals surface area contributed by atoms with Gasteiger partial charge in [0.2, 0.25) is 10.0 Å². The van der Waals surface area contributed by atoms with E-state index in [0.717, 1.165) is 0 Å². The van der Waals surface area contributed by atoms with Crippen molar-refractivity contribution in [1.29, 1.82) is 0 Å². The standard InChI is InChI=1S/C21H27N3O4S/c1-16(2)28-19-8-5-7-18(15-19)22-21(25)17-6-4-9-20(14-17)29(26,27)24-12-10-23(3)11-13-24/h4-9,14-16H,10-13H2,1-3H3,(H,22,25). The van der Waals surface area contributed by atoms with Gasteiger partial charge in [0.1, 0.15) is 5.75 Å². The number of carbonyl (C=O) groups is 1. The Hall–Kier alpha value is -2.42. The highest BCUT2D eigenvalue weighted by atomic mass is 32.2. The second-order valence-electron chi connectivity index (χ2n) is 7.38. The number of hydrogen-bond donors (Lipinski definition) is 1. The summed E-state index contributed by atoms with van der Waals surface area (Å²) in [5.41, 5.74) is 0.871. The molecule has 3 rings (SSSR count). The summed E-state index contributed by atoms with van der Waals surface area (Å²) in [6.07, 6.45) is 0.0254. The minimum absolute atomic E-state index is 0.0254. The zero-order valence-electron chi connectivity index (χ0n) is 17.0. The lowest BCUT2D eigenvalue weighted by Crippen LogP contribution is -2.47. The van der Waals surface area contributed by atoms with Crippen LogP contribution in [-0.2, 0) is 10.0 Å². The van der Waals surface area contributed by atoms with Crippen LogP contribution >= 0.6 is 0 Å². The average Bonchev–Trinajstić information content (AvgIpc) is 2.68. The second kappa shape index (κ2) is 8.94. The molecule has 1 heterocycles. The molecule has 1 amide bonds. The summed E-state index contributed by atoms with van der Waals surface area (Å²) in [7, 11) is -1.66. The van der Waals surface area contributed by atoms with E-state index in [-0.39, 0.29) is 22.5 Å². The van der Waals surface area contributed by atoms with Crippen molar-refractivity contribution in [2.24, 2.45) is 0 Å². The number of carbonyl (C=O) groups excluding carboxylic acids is 1. The first kappa shape index (κ1) is 21.3. The molecule has 29 heavy (non-hydrogen) atoms. The van der Waals surface area contributed by atoms with Gasteiger partial charge in [-0.2, -0.15) is 4.31 Å². The van der Waals surface area contributed by atoms with Crippen LogP contribution < -0.4 is 10.1 Å². The Balaban J connectivity index is 1.76. The fraction of sp³-hybridized carbons (Fsp3) is 0.381. The molecule has 1 fully saturated rings. The molecular formula is C21H27N3O4S. The number of likely N-dealkylation sites (N-methyl/N-ethyl adjacent to an activating group) is 1. The first-order valence-electron chi connectivity index (χ1n) is 9.62. The van der Waals surface area contributed by atoms with Gasteiger partial charge in [-0.3, -0.25) is 4.79 Å². The van der Waals surface area contributed by atoms with Crippen LogP contribution in [0.2, 0.25) is 0 Å². The molecule has 0 unspecified atom stereocenters. The van der Waals surface area contributed by atoms with Gasteiger partial charge in [-0.05, 0) is 51.2 Å². The lowest BCUT2D eigenvalue weighted by Gasteiger charge is -2.31. The van der Waals surface area contributed by atoms with E-state index in [1.54, 1.807) is 30.3 Å². The molecule has 0 saturated carbocycles. The van der Waals surface area contributed by atoms with Crippen molar-refractivity contribution < 1.29 is 17.9 Å². The zero-order valence-corrected chi connectivity index (χ0v) is 17.8. The van der Waals surface area contributed by atoms with E-state index in [1.807, 2.05) is 27.0 Å². The average molecular weight is 418 g/mol. The molecule has 7 nitrogen and oxygen atoms in total. The Kier molecular flexibility index (Phi) is 6.56. The summed E-state index contributed by atoms with van der Waals surface area (Å²) in [6, 6.07) is 13.3. The molecule has 0 bridgehead atoms. The monoisotopic (exact) mass is 417 g/mol. The molecule has 0 spiro atoms. The third kappa shape index (κ3) is 5.35. The molecule has 0 atom stereocenters. The molecule has 2 aromatic rings. The summed E-state index contributed by atoms with van der Waals surface area (Å²) in [5.74, 6) is 0.284. The van der Waals surface area contributed by atoms with E-state index in [2.05, 4.69) is 10.2 Å². The van der Waals surface area contributed by atoms with E-state index in [9.17, 15) is 13.2 Å². The minimum Gasteiger partial charge on any atom is -0.491 e. The van der Waals surface area contributed by atoms with E-state index in [4.69, 9.17) is 4.74 Å². The van der Waals surface area contributed by atoms with Gasteiger partial charge >= 0.3 is 0 Å². The van der Waals surface area contributed by atoms with Crippen LogP contribution in [0.25, 0.3) is 0 Å². The maximum absolute atomic E-state index is 12.9. The second-order valence-corrected chi connectivity index (χ2v) is 9.32. The third-order valence-electron chi connectivity index (χ3n) is 4.66. The van der Waals surface area contributed by atoms with Crippen LogP contribution in [0.15, 0.2) is 53.4 Å². The van der Waals surface area contributed by atoms with Crippen LogP contribution in [0.3, 0.4) is 0 Å². The van der Waals surface area contributed by atoms with Gasteiger partial charge in [0.05, 0.1) is 11.0 Å². The first-order chi connectivity index (χ1) is 13.8. The lowest BCUT2D eigenvalue weighted by atomic mass is 10.2. The Morgan fingerprint density at radius 3 is 2.41 bits per heavy atom. The van der Waals surface area contributed by atoms with Crippen molar-refractivity contribution in [2.75, 3.05) is 38.5 Å². The van der Waals surface area contributed by atoms with E-state index >= 15 is 0 Å². The van der Waals surface area contributed by atoms with Gasteiger partial charge in [0.25, 0.3) is 5.91 Å². The van der Waals surface area contributed by atoms with Gasteiger partial charge in [-0.1, -0.05) is 12.1 Å². The highest BCUT2D eigenvalue weighted by molar-refractivity contribution is 7.89. The third-order valence-corrected chi connectivity index (χ3v) is 6.55. The predicted molar refractivity (Wildman–Crippen MR) is 113 cm³/mol. The maximum atomic E-state index is 12.9. The number of amides is 1. The SMILES string of the molecule is CC(C)Oc1cccc(NC(=O)c2cccc(S(=O)(=O)N3CCN(C)CC3)c2)c1. The normalized spacial score (nSPS) is 16.0. The highest BCUT2D eigenvalue weighted by Crippen LogP contribution is 2.21. The van der Waals surface area contributed by atoms with E-state index < -0.39 is 10.0 Å². The fourth-order valence-corrected chi connectivity index (χ4v) is 4.57. The quantitative estimate of drug-likeness (QED) is 0.782. The summed E-state index contributed by atoms with van der Waals surface area (Å²) in [5, 5.41) is 2.80. The summed E-state index contributed by atoms with van der Waals surface area (Å²) >= 11 is 0. The number of sulfonamides is 1. The topological polar surface area (TPSA) is 78.9 Å². The smallest absolute Gasteiger partial charge is 0.255 e. The molecule has 156 valence electrons. The highest BCUT2D eigenvalue weighted by Gasteiger charge is 2.27. The molecule has 1 N–H and O–H groups in total. The molecule has 1 aliphatic heterocycles. The number of rotatable bonds is 6. The molecule has 0 aromatic heterocycles. The number of hydrogen-bond acceptors (Lipinski definition) is 5. The number of benzene rings is 2. The van der Waals surface area contributed by atoms with Crippen molar-refractivity contribution in [2.45, 2.75) is 24.8 Å². The van der Waals surface area contributed by atoms with Gasteiger partial charge in [-0.15, -0.1) is 0 Å². The number of nitrogens with zero attached hydrogens (tertiary/aromatic N) is 2. The van der Waals surface area contributed by atoms with Crippen molar-refractivity contribution in [1.82, 2.24) is 9.21 Å². The van der Waals surface area contributed by atoms with Crippen molar-refractivity contribution in [3.63, 3.8) is 0 Å². The number of ether oxygens (including phenoxy) is 1.